The summed E-state index contributed by atoms with van der Waals surface area (Å²) >= 11 is 0. The van der Waals surface area contributed by atoms with Crippen LogP contribution in [0.1, 0.15) is 15.9 Å². The largest absolute Gasteiger partial charge is 0.336 e. The zero-order valence-corrected chi connectivity index (χ0v) is 18.8. The number of nitrogens with zero attached hydrogens (tertiary/aromatic N) is 3. The highest BCUT2D eigenvalue weighted by Crippen LogP contribution is 2.24. The van der Waals surface area contributed by atoms with Gasteiger partial charge < -0.3 is 4.90 Å². The average Bonchev–Trinajstić information content (AvgIpc) is 2.72. The van der Waals surface area contributed by atoms with E-state index < -0.39 is 20.0 Å². The van der Waals surface area contributed by atoms with Crippen molar-refractivity contribution in [2.75, 3.05) is 43.8 Å². The molecule has 1 fully saturated rings. The van der Waals surface area contributed by atoms with Gasteiger partial charge in [-0.2, -0.15) is 4.31 Å². The second-order valence-corrected chi connectivity index (χ2v) is 11.2. The molecule has 1 amide bonds. The van der Waals surface area contributed by atoms with Gasteiger partial charge in [0.05, 0.1) is 22.4 Å². The van der Waals surface area contributed by atoms with Crippen molar-refractivity contribution in [2.24, 2.45) is 0 Å². The maximum absolute atomic E-state index is 13.1. The summed E-state index contributed by atoms with van der Waals surface area (Å²) in [5.41, 5.74) is 1.53. The van der Waals surface area contributed by atoms with Crippen molar-refractivity contribution < 1.29 is 21.6 Å². The number of hydrogen-bond acceptors (Lipinski definition) is 5. The van der Waals surface area contributed by atoms with E-state index in [4.69, 9.17) is 0 Å². The van der Waals surface area contributed by atoms with Gasteiger partial charge in [0.15, 0.2) is 0 Å². The molecule has 30 heavy (non-hydrogen) atoms. The fraction of sp³-hybridized carbons (Fsp3) is 0.350. The van der Waals surface area contributed by atoms with Gasteiger partial charge in [-0.3, -0.25) is 9.10 Å². The van der Waals surface area contributed by atoms with E-state index in [0.29, 0.717) is 5.69 Å². The van der Waals surface area contributed by atoms with Gasteiger partial charge >= 0.3 is 0 Å². The number of sulfonamides is 2. The molecule has 10 heteroatoms. The molecule has 0 bridgehead atoms. The Hall–Kier alpha value is -2.43. The summed E-state index contributed by atoms with van der Waals surface area (Å²) in [6.07, 6.45) is 1.07. The van der Waals surface area contributed by atoms with E-state index in [0.717, 1.165) is 16.1 Å². The number of benzene rings is 2. The van der Waals surface area contributed by atoms with Crippen molar-refractivity contribution in [1.29, 1.82) is 0 Å². The Morgan fingerprint density at radius 1 is 0.900 bits per heavy atom. The first-order valence-corrected chi connectivity index (χ1v) is 12.7. The van der Waals surface area contributed by atoms with E-state index in [-0.39, 0.29) is 42.5 Å². The lowest BCUT2D eigenvalue weighted by molar-refractivity contribution is 0.0698. The van der Waals surface area contributed by atoms with Gasteiger partial charge in [-0.25, -0.2) is 16.8 Å². The predicted molar refractivity (Wildman–Crippen MR) is 116 cm³/mol. The number of rotatable bonds is 5. The van der Waals surface area contributed by atoms with Gasteiger partial charge in [0, 0.05) is 33.2 Å². The van der Waals surface area contributed by atoms with Crippen molar-refractivity contribution in [1.82, 2.24) is 9.21 Å². The molecular weight excluding hydrogens is 426 g/mol. The topological polar surface area (TPSA) is 95.1 Å². The fourth-order valence-corrected chi connectivity index (χ4v) is 5.21. The molecule has 0 unspecified atom stereocenters. The number of piperazine rings is 1. The molecule has 0 radical (unpaired) electrons. The van der Waals surface area contributed by atoms with Crippen LogP contribution in [0.5, 0.6) is 0 Å². The molecule has 0 aromatic heterocycles. The van der Waals surface area contributed by atoms with Gasteiger partial charge in [0.25, 0.3) is 5.91 Å². The molecule has 3 rings (SSSR count). The minimum atomic E-state index is -3.63. The molecule has 1 heterocycles. The number of carbonyl (C=O) groups excluding carboxylic acids is 1. The molecule has 1 aliphatic rings. The van der Waals surface area contributed by atoms with E-state index in [9.17, 15) is 21.6 Å². The molecular formula is C20H25N3O5S2. The highest BCUT2D eigenvalue weighted by atomic mass is 32.2. The number of amides is 1. The Balaban J connectivity index is 1.76. The molecule has 162 valence electrons. The Morgan fingerprint density at radius 2 is 1.47 bits per heavy atom. The second kappa shape index (κ2) is 8.37. The summed E-state index contributed by atoms with van der Waals surface area (Å²) in [6, 6.07) is 13.2. The van der Waals surface area contributed by atoms with Gasteiger partial charge in [0.1, 0.15) is 0 Å². The zero-order valence-electron chi connectivity index (χ0n) is 17.1. The molecule has 0 N–H and O–H groups in total. The molecule has 0 atom stereocenters. The monoisotopic (exact) mass is 451 g/mol. The molecule has 1 aliphatic heterocycles. The average molecular weight is 452 g/mol. The number of anilines is 1. The van der Waals surface area contributed by atoms with E-state index in [1.165, 1.54) is 11.4 Å². The van der Waals surface area contributed by atoms with Crippen LogP contribution in [0.25, 0.3) is 0 Å². The SMILES string of the molecule is Cc1ccc(S(=O)(=O)N2CCN(C(=O)c3ccccc3N(C)S(C)(=O)=O)CC2)cc1. The molecule has 2 aromatic rings. The summed E-state index contributed by atoms with van der Waals surface area (Å²) in [7, 11) is -5.76. The maximum Gasteiger partial charge on any atom is 0.256 e. The van der Waals surface area contributed by atoms with Crippen LogP contribution in [-0.4, -0.2) is 71.4 Å². The molecule has 0 saturated carbocycles. The Kier molecular flexibility index (Phi) is 6.21. The molecule has 0 aliphatic carbocycles. The molecule has 1 saturated heterocycles. The Bertz CT molecular complexity index is 1140. The van der Waals surface area contributed by atoms with E-state index >= 15 is 0 Å². The van der Waals surface area contributed by atoms with Gasteiger partial charge in [-0.1, -0.05) is 29.8 Å². The quantitative estimate of drug-likeness (QED) is 0.687. The third kappa shape index (κ3) is 4.50. The summed E-state index contributed by atoms with van der Waals surface area (Å²) < 4.78 is 52.0. The third-order valence-electron chi connectivity index (χ3n) is 5.16. The minimum absolute atomic E-state index is 0.173. The lowest BCUT2D eigenvalue weighted by Gasteiger charge is -2.34. The van der Waals surface area contributed by atoms with Crippen LogP contribution in [0.4, 0.5) is 5.69 Å². The van der Waals surface area contributed by atoms with Crippen LogP contribution in [0.3, 0.4) is 0 Å². The number of para-hydroxylation sites is 1. The third-order valence-corrected chi connectivity index (χ3v) is 8.26. The summed E-state index contributed by atoms with van der Waals surface area (Å²) in [5, 5.41) is 0. The lowest BCUT2D eigenvalue weighted by atomic mass is 10.1. The lowest BCUT2D eigenvalue weighted by Crippen LogP contribution is -2.50. The van der Waals surface area contributed by atoms with Crippen molar-refractivity contribution >= 4 is 31.6 Å². The Morgan fingerprint density at radius 3 is 2.03 bits per heavy atom. The molecule has 8 nitrogen and oxygen atoms in total. The van der Waals surface area contributed by atoms with Crippen LogP contribution in [-0.2, 0) is 20.0 Å². The standard InChI is InChI=1S/C20H25N3O5S2/c1-16-8-10-17(11-9-16)30(27,28)23-14-12-22(13-15-23)20(24)18-6-4-5-7-19(18)21(2)29(3,25)26/h4-11H,12-15H2,1-3H3. The smallest absolute Gasteiger partial charge is 0.256 e. The van der Waals surface area contributed by atoms with Crippen molar-refractivity contribution in [3.63, 3.8) is 0 Å². The highest BCUT2D eigenvalue weighted by Gasteiger charge is 2.31. The maximum atomic E-state index is 13.1. The molecule has 0 spiro atoms. The second-order valence-electron chi connectivity index (χ2n) is 7.26. The van der Waals surface area contributed by atoms with Gasteiger partial charge in [-0.15, -0.1) is 0 Å². The van der Waals surface area contributed by atoms with E-state index in [1.54, 1.807) is 53.4 Å². The van der Waals surface area contributed by atoms with Crippen LogP contribution >= 0.6 is 0 Å². The van der Waals surface area contributed by atoms with Gasteiger partial charge in [-0.05, 0) is 31.2 Å². The van der Waals surface area contributed by atoms with Crippen LogP contribution in [0, 0.1) is 6.92 Å². The number of aryl methyl sites for hydroxylation is 1. The summed E-state index contributed by atoms with van der Waals surface area (Å²) in [4.78, 5) is 14.8. The first-order chi connectivity index (χ1) is 14.0. The first-order valence-electron chi connectivity index (χ1n) is 9.41. The van der Waals surface area contributed by atoms with Crippen molar-refractivity contribution in [3.05, 3.63) is 59.7 Å². The van der Waals surface area contributed by atoms with Gasteiger partial charge in [0.2, 0.25) is 20.0 Å². The van der Waals surface area contributed by atoms with Crippen LogP contribution < -0.4 is 4.31 Å². The number of carbonyl (C=O) groups is 1. The van der Waals surface area contributed by atoms with E-state index in [1.807, 2.05) is 6.92 Å². The normalized spacial score (nSPS) is 15.8. The van der Waals surface area contributed by atoms with Crippen molar-refractivity contribution in [3.8, 4) is 0 Å². The minimum Gasteiger partial charge on any atom is -0.336 e. The summed E-state index contributed by atoms with van der Waals surface area (Å²) in [6.45, 7) is 2.68. The van der Waals surface area contributed by atoms with E-state index in [2.05, 4.69) is 0 Å². The first kappa shape index (κ1) is 22.3. The summed E-state index contributed by atoms with van der Waals surface area (Å²) in [5.74, 6) is -0.325. The molecule has 2 aromatic carbocycles. The van der Waals surface area contributed by atoms with Crippen molar-refractivity contribution in [2.45, 2.75) is 11.8 Å². The van der Waals surface area contributed by atoms with Crippen LogP contribution in [0.2, 0.25) is 0 Å². The number of hydrogen-bond donors (Lipinski definition) is 0. The van der Waals surface area contributed by atoms with Crippen LogP contribution in [0.15, 0.2) is 53.4 Å². The highest BCUT2D eigenvalue weighted by molar-refractivity contribution is 7.92. The zero-order chi connectivity index (χ0) is 22.1. The Labute approximate surface area is 177 Å². The fourth-order valence-electron chi connectivity index (χ4n) is 3.27. The predicted octanol–water partition coefficient (Wildman–Crippen LogP) is 1.54.